The maximum absolute atomic E-state index is 13.4. The van der Waals surface area contributed by atoms with Crippen LogP contribution >= 0.6 is 0 Å². The number of nitrogens with zero attached hydrogens (tertiary/aromatic N) is 1. The van der Waals surface area contributed by atoms with Gasteiger partial charge in [0.2, 0.25) is 0 Å². The fourth-order valence-electron chi connectivity index (χ4n) is 1.52. The van der Waals surface area contributed by atoms with Gasteiger partial charge in [-0.3, -0.25) is 10.1 Å². The highest BCUT2D eigenvalue weighted by Gasteiger charge is 2.21. The average molecular weight is 302 g/mol. The fraction of sp³-hybridized carbons (Fsp3) is 0.417. The second-order valence-corrected chi connectivity index (χ2v) is 3.94. The number of carboxylic acids is 1. The zero-order valence-electron chi connectivity index (χ0n) is 11.3. The predicted octanol–water partition coefficient (Wildman–Crippen LogP) is 1.51. The first-order valence-corrected chi connectivity index (χ1v) is 5.99. The first-order valence-electron chi connectivity index (χ1n) is 5.99. The summed E-state index contributed by atoms with van der Waals surface area (Å²) in [6.07, 6.45) is 0. The van der Waals surface area contributed by atoms with Crippen molar-refractivity contribution >= 4 is 17.3 Å². The third-order valence-corrected chi connectivity index (χ3v) is 2.51. The van der Waals surface area contributed by atoms with Crippen LogP contribution in [0.3, 0.4) is 0 Å². The number of hydrogen-bond acceptors (Lipinski definition) is 6. The standard InChI is InChI=1S/C12H15FN2O6/c1-20-4-5-21-3-2-14-10-6-8(12(16)17)9(13)7-11(10)15(18)19/h6-7,14H,2-5H2,1H3,(H,16,17). The summed E-state index contributed by atoms with van der Waals surface area (Å²) in [6, 6.07) is 1.47. The van der Waals surface area contributed by atoms with Crippen LogP contribution in [-0.2, 0) is 9.47 Å². The Hall–Kier alpha value is -2.26. The van der Waals surface area contributed by atoms with E-state index in [9.17, 15) is 19.3 Å². The van der Waals surface area contributed by atoms with E-state index in [1.54, 1.807) is 0 Å². The monoisotopic (exact) mass is 302 g/mol. The number of nitro groups is 1. The van der Waals surface area contributed by atoms with Crippen LogP contribution in [0.4, 0.5) is 15.8 Å². The Balaban J connectivity index is 2.76. The van der Waals surface area contributed by atoms with Gasteiger partial charge in [0.05, 0.1) is 36.4 Å². The molecule has 0 amide bonds. The second kappa shape index (κ2) is 8.12. The number of hydrogen-bond donors (Lipinski definition) is 2. The van der Waals surface area contributed by atoms with E-state index in [0.29, 0.717) is 19.3 Å². The highest BCUT2D eigenvalue weighted by molar-refractivity contribution is 5.90. The smallest absolute Gasteiger partial charge is 0.338 e. The molecule has 1 aromatic rings. The summed E-state index contributed by atoms with van der Waals surface area (Å²) in [6.45, 7) is 1.22. The van der Waals surface area contributed by atoms with Crippen LogP contribution in [0.2, 0.25) is 0 Å². The van der Waals surface area contributed by atoms with Crippen LogP contribution in [0, 0.1) is 15.9 Å². The maximum atomic E-state index is 13.4. The van der Waals surface area contributed by atoms with Gasteiger partial charge in [-0.25, -0.2) is 9.18 Å². The summed E-state index contributed by atoms with van der Waals surface area (Å²) in [4.78, 5) is 20.9. The van der Waals surface area contributed by atoms with Gasteiger partial charge in [0.25, 0.3) is 5.69 Å². The van der Waals surface area contributed by atoms with Crippen molar-refractivity contribution in [2.24, 2.45) is 0 Å². The molecule has 0 bridgehead atoms. The summed E-state index contributed by atoms with van der Waals surface area (Å²) in [5.41, 5.74) is -1.24. The van der Waals surface area contributed by atoms with Crippen molar-refractivity contribution < 1.29 is 28.7 Å². The van der Waals surface area contributed by atoms with Gasteiger partial charge in [-0.15, -0.1) is 0 Å². The molecule has 0 heterocycles. The van der Waals surface area contributed by atoms with E-state index >= 15 is 0 Å². The van der Waals surface area contributed by atoms with Gasteiger partial charge in [0, 0.05) is 13.7 Å². The molecule has 0 saturated carbocycles. The highest BCUT2D eigenvalue weighted by Crippen LogP contribution is 2.27. The number of benzene rings is 1. The Morgan fingerprint density at radius 2 is 2.14 bits per heavy atom. The van der Waals surface area contributed by atoms with Crippen molar-refractivity contribution in [1.82, 2.24) is 0 Å². The minimum Gasteiger partial charge on any atom is -0.478 e. The number of ether oxygens (including phenoxy) is 2. The Morgan fingerprint density at radius 3 is 2.71 bits per heavy atom. The number of halogens is 1. The quantitative estimate of drug-likeness (QED) is 0.404. The molecular weight excluding hydrogens is 287 g/mol. The maximum Gasteiger partial charge on any atom is 0.338 e. The Morgan fingerprint density at radius 1 is 1.43 bits per heavy atom. The fourth-order valence-corrected chi connectivity index (χ4v) is 1.52. The van der Waals surface area contributed by atoms with Gasteiger partial charge in [-0.2, -0.15) is 0 Å². The molecule has 0 radical (unpaired) electrons. The van der Waals surface area contributed by atoms with Crippen LogP contribution in [0.1, 0.15) is 10.4 Å². The second-order valence-electron chi connectivity index (χ2n) is 3.94. The molecule has 0 spiro atoms. The van der Waals surface area contributed by atoms with Crippen molar-refractivity contribution in [2.45, 2.75) is 0 Å². The molecule has 0 atom stereocenters. The molecule has 2 N–H and O–H groups in total. The van der Waals surface area contributed by atoms with E-state index in [4.69, 9.17) is 14.6 Å². The van der Waals surface area contributed by atoms with E-state index in [0.717, 1.165) is 6.07 Å². The van der Waals surface area contributed by atoms with Crippen molar-refractivity contribution in [3.8, 4) is 0 Å². The first kappa shape index (κ1) is 16.8. The molecule has 1 aromatic carbocycles. The molecule has 0 unspecified atom stereocenters. The third kappa shape index (κ3) is 4.97. The zero-order valence-corrected chi connectivity index (χ0v) is 11.3. The van der Waals surface area contributed by atoms with Crippen molar-refractivity contribution in [1.29, 1.82) is 0 Å². The average Bonchev–Trinajstić information content (AvgIpc) is 2.43. The lowest BCUT2D eigenvalue weighted by Crippen LogP contribution is -2.14. The SMILES string of the molecule is COCCOCCNc1cc(C(=O)O)c(F)cc1[N+](=O)[O-]. The third-order valence-electron chi connectivity index (χ3n) is 2.51. The molecule has 0 aliphatic rings. The Kier molecular flexibility index (Phi) is 6.50. The number of methoxy groups -OCH3 is 1. The molecule has 116 valence electrons. The lowest BCUT2D eigenvalue weighted by Gasteiger charge is -2.09. The first-order chi connectivity index (χ1) is 9.97. The molecule has 0 aliphatic heterocycles. The van der Waals surface area contributed by atoms with E-state index in [1.165, 1.54) is 7.11 Å². The van der Waals surface area contributed by atoms with Gasteiger partial charge >= 0.3 is 5.97 Å². The van der Waals surface area contributed by atoms with Crippen molar-refractivity contribution in [3.05, 3.63) is 33.6 Å². The Labute approximate surface area is 119 Å². The minimum absolute atomic E-state index is 0.0749. The predicted molar refractivity (Wildman–Crippen MR) is 71.2 cm³/mol. The molecule has 9 heteroatoms. The topological polar surface area (TPSA) is 111 Å². The highest BCUT2D eigenvalue weighted by atomic mass is 19.1. The number of nitro benzene ring substituents is 1. The summed E-state index contributed by atoms with van der Waals surface area (Å²) in [7, 11) is 1.52. The normalized spacial score (nSPS) is 10.4. The number of aromatic carboxylic acids is 1. The lowest BCUT2D eigenvalue weighted by molar-refractivity contribution is -0.384. The largest absolute Gasteiger partial charge is 0.478 e. The molecule has 0 fully saturated rings. The molecule has 0 aromatic heterocycles. The summed E-state index contributed by atoms with van der Waals surface area (Å²) >= 11 is 0. The molecule has 0 aliphatic carbocycles. The lowest BCUT2D eigenvalue weighted by atomic mass is 10.1. The zero-order chi connectivity index (χ0) is 15.8. The molecule has 21 heavy (non-hydrogen) atoms. The van der Waals surface area contributed by atoms with Crippen LogP contribution in [0.5, 0.6) is 0 Å². The van der Waals surface area contributed by atoms with Crippen molar-refractivity contribution in [2.75, 3.05) is 38.8 Å². The van der Waals surface area contributed by atoms with Gasteiger partial charge in [0.1, 0.15) is 11.5 Å². The molecule has 0 saturated heterocycles. The number of anilines is 1. The number of rotatable bonds is 9. The van der Waals surface area contributed by atoms with Gasteiger partial charge < -0.3 is 19.9 Å². The number of carboxylic acid groups (broad SMARTS) is 1. The Bertz CT molecular complexity index is 523. The summed E-state index contributed by atoms with van der Waals surface area (Å²) in [5, 5.41) is 22.3. The van der Waals surface area contributed by atoms with Gasteiger partial charge in [-0.05, 0) is 6.07 Å². The molecule has 1 rings (SSSR count). The molecule has 8 nitrogen and oxygen atoms in total. The van der Waals surface area contributed by atoms with Crippen LogP contribution < -0.4 is 5.32 Å². The van der Waals surface area contributed by atoms with Gasteiger partial charge in [-0.1, -0.05) is 0 Å². The van der Waals surface area contributed by atoms with Crippen LogP contribution in [-0.4, -0.2) is 49.5 Å². The molecular formula is C12H15FN2O6. The van der Waals surface area contributed by atoms with E-state index in [1.807, 2.05) is 0 Å². The van der Waals surface area contributed by atoms with E-state index < -0.39 is 28.0 Å². The van der Waals surface area contributed by atoms with Gasteiger partial charge in [0.15, 0.2) is 0 Å². The van der Waals surface area contributed by atoms with Crippen molar-refractivity contribution in [3.63, 3.8) is 0 Å². The summed E-state index contributed by atoms with van der Waals surface area (Å²) in [5.74, 6) is -2.65. The minimum atomic E-state index is -1.50. The number of carbonyl (C=O) groups is 1. The van der Waals surface area contributed by atoms with E-state index in [2.05, 4.69) is 5.32 Å². The van der Waals surface area contributed by atoms with Crippen LogP contribution in [0.15, 0.2) is 12.1 Å². The van der Waals surface area contributed by atoms with Crippen LogP contribution in [0.25, 0.3) is 0 Å². The summed E-state index contributed by atoms with van der Waals surface area (Å²) < 4.78 is 23.3. The number of nitrogens with one attached hydrogen (secondary N) is 1. The van der Waals surface area contributed by atoms with E-state index in [-0.39, 0.29) is 18.8 Å².